The molecule has 4 heteroatoms. The van der Waals surface area contributed by atoms with Crippen LogP contribution in [0.5, 0.6) is 0 Å². The van der Waals surface area contributed by atoms with Crippen molar-refractivity contribution in [3.8, 4) is 0 Å². The van der Waals surface area contributed by atoms with Crippen molar-refractivity contribution in [1.82, 2.24) is 0 Å². The van der Waals surface area contributed by atoms with Gasteiger partial charge in [0.15, 0.2) is 0 Å². The Labute approximate surface area is 108 Å². The number of nitrogens with one attached hydrogen (secondary N) is 1. The first kappa shape index (κ1) is 13.0. The summed E-state index contributed by atoms with van der Waals surface area (Å²) in [6, 6.07) is 6.10. The van der Waals surface area contributed by atoms with E-state index in [0.29, 0.717) is 5.92 Å². The molecule has 0 saturated carbocycles. The Kier molecular flexibility index (Phi) is 5.64. The molecule has 1 aromatic rings. The molecule has 0 bridgehead atoms. The molecular formula is C11H15Br2NO. The van der Waals surface area contributed by atoms with Crippen molar-refractivity contribution in [1.29, 1.82) is 0 Å². The summed E-state index contributed by atoms with van der Waals surface area (Å²) >= 11 is 6.94. The molecule has 0 radical (unpaired) electrons. The van der Waals surface area contributed by atoms with Crippen LogP contribution < -0.4 is 5.32 Å². The van der Waals surface area contributed by atoms with Crippen molar-refractivity contribution in [2.75, 3.05) is 25.6 Å². The minimum absolute atomic E-state index is 0.505. The van der Waals surface area contributed by atoms with Crippen LogP contribution in [0.25, 0.3) is 0 Å². The van der Waals surface area contributed by atoms with E-state index in [0.717, 1.165) is 27.8 Å². The molecule has 0 aliphatic rings. The number of rotatable bonds is 5. The molecule has 0 saturated heterocycles. The Morgan fingerprint density at radius 2 is 2.13 bits per heavy atom. The summed E-state index contributed by atoms with van der Waals surface area (Å²) < 4.78 is 7.23. The largest absolute Gasteiger partial charge is 0.384 e. The highest BCUT2D eigenvalue weighted by Gasteiger charge is 2.03. The van der Waals surface area contributed by atoms with Gasteiger partial charge in [0, 0.05) is 28.3 Å². The van der Waals surface area contributed by atoms with Crippen LogP contribution in [-0.4, -0.2) is 20.3 Å². The molecule has 0 aliphatic heterocycles. The highest BCUT2D eigenvalue weighted by atomic mass is 79.9. The van der Waals surface area contributed by atoms with Crippen LogP contribution in [0, 0.1) is 5.92 Å². The number of hydrogen-bond acceptors (Lipinski definition) is 2. The lowest BCUT2D eigenvalue weighted by Gasteiger charge is -2.13. The van der Waals surface area contributed by atoms with Crippen molar-refractivity contribution in [2.24, 2.45) is 5.92 Å². The van der Waals surface area contributed by atoms with Crippen molar-refractivity contribution < 1.29 is 4.74 Å². The lowest BCUT2D eigenvalue weighted by atomic mass is 10.2. The van der Waals surface area contributed by atoms with Gasteiger partial charge in [-0.25, -0.2) is 0 Å². The molecule has 2 nitrogen and oxygen atoms in total. The van der Waals surface area contributed by atoms with Gasteiger partial charge in [-0.1, -0.05) is 22.9 Å². The monoisotopic (exact) mass is 335 g/mol. The molecule has 1 N–H and O–H groups in total. The number of anilines is 1. The van der Waals surface area contributed by atoms with Gasteiger partial charge in [-0.3, -0.25) is 0 Å². The van der Waals surface area contributed by atoms with Gasteiger partial charge in [-0.15, -0.1) is 0 Å². The Bertz CT molecular complexity index is 317. The molecular weight excluding hydrogens is 322 g/mol. The average molecular weight is 337 g/mol. The Hall–Kier alpha value is -0.0600. The van der Waals surface area contributed by atoms with Crippen LogP contribution in [0.15, 0.2) is 27.1 Å². The molecule has 1 rings (SSSR count). The molecule has 15 heavy (non-hydrogen) atoms. The molecule has 1 aromatic carbocycles. The van der Waals surface area contributed by atoms with E-state index in [1.54, 1.807) is 7.11 Å². The average Bonchev–Trinajstić information content (AvgIpc) is 2.17. The number of halogens is 2. The summed E-state index contributed by atoms with van der Waals surface area (Å²) in [5.41, 5.74) is 1.11. The van der Waals surface area contributed by atoms with E-state index in [-0.39, 0.29) is 0 Å². The van der Waals surface area contributed by atoms with Crippen LogP contribution >= 0.6 is 31.9 Å². The van der Waals surface area contributed by atoms with Gasteiger partial charge in [-0.05, 0) is 40.0 Å². The van der Waals surface area contributed by atoms with E-state index in [4.69, 9.17) is 4.74 Å². The second-order valence-corrected chi connectivity index (χ2v) is 5.34. The third-order valence-electron chi connectivity index (χ3n) is 2.02. The van der Waals surface area contributed by atoms with Gasteiger partial charge in [0.2, 0.25) is 0 Å². The van der Waals surface area contributed by atoms with Crippen molar-refractivity contribution in [2.45, 2.75) is 6.92 Å². The highest BCUT2D eigenvalue weighted by molar-refractivity contribution is 9.11. The van der Waals surface area contributed by atoms with Crippen LogP contribution in [0.3, 0.4) is 0 Å². The van der Waals surface area contributed by atoms with Gasteiger partial charge in [-0.2, -0.15) is 0 Å². The molecule has 0 spiro atoms. The van der Waals surface area contributed by atoms with E-state index in [2.05, 4.69) is 44.1 Å². The maximum absolute atomic E-state index is 5.08. The lowest BCUT2D eigenvalue weighted by Crippen LogP contribution is -2.15. The molecule has 0 aromatic heterocycles. The van der Waals surface area contributed by atoms with Gasteiger partial charge < -0.3 is 10.1 Å². The Balaban J connectivity index is 2.50. The summed E-state index contributed by atoms with van der Waals surface area (Å²) in [6.07, 6.45) is 0. The number of benzene rings is 1. The Morgan fingerprint density at radius 3 is 2.73 bits per heavy atom. The van der Waals surface area contributed by atoms with E-state index in [9.17, 15) is 0 Å². The standard InChI is InChI=1S/C11H15Br2NO/c1-8(7-15-2)6-14-11-4-3-9(12)5-10(11)13/h3-5,8,14H,6-7H2,1-2H3. The summed E-state index contributed by atoms with van der Waals surface area (Å²) in [5.74, 6) is 0.505. The van der Waals surface area contributed by atoms with E-state index < -0.39 is 0 Å². The molecule has 1 atom stereocenters. The normalized spacial score (nSPS) is 12.5. The first-order valence-corrected chi connectivity index (χ1v) is 6.40. The third-order valence-corrected chi connectivity index (χ3v) is 3.17. The van der Waals surface area contributed by atoms with Gasteiger partial charge in [0.1, 0.15) is 0 Å². The van der Waals surface area contributed by atoms with Crippen LogP contribution in [0.4, 0.5) is 5.69 Å². The molecule has 84 valence electrons. The maximum atomic E-state index is 5.08. The van der Waals surface area contributed by atoms with Crippen molar-refractivity contribution >= 4 is 37.5 Å². The molecule has 0 heterocycles. The second kappa shape index (κ2) is 6.51. The molecule has 0 aliphatic carbocycles. The topological polar surface area (TPSA) is 21.3 Å². The zero-order chi connectivity index (χ0) is 11.3. The minimum Gasteiger partial charge on any atom is -0.384 e. The number of methoxy groups -OCH3 is 1. The van der Waals surface area contributed by atoms with Crippen LogP contribution in [0.2, 0.25) is 0 Å². The second-order valence-electron chi connectivity index (χ2n) is 3.57. The molecule has 0 fully saturated rings. The van der Waals surface area contributed by atoms with Gasteiger partial charge in [0.05, 0.1) is 6.61 Å². The van der Waals surface area contributed by atoms with E-state index >= 15 is 0 Å². The Morgan fingerprint density at radius 1 is 1.40 bits per heavy atom. The van der Waals surface area contributed by atoms with E-state index in [1.807, 2.05) is 18.2 Å². The van der Waals surface area contributed by atoms with Crippen LogP contribution in [0.1, 0.15) is 6.92 Å². The first-order valence-electron chi connectivity index (χ1n) is 4.81. The highest BCUT2D eigenvalue weighted by Crippen LogP contribution is 2.26. The minimum atomic E-state index is 0.505. The fourth-order valence-corrected chi connectivity index (χ4v) is 2.45. The fourth-order valence-electron chi connectivity index (χ4n) is 1.26. The first-order chi connectivity index (χ1) is 7.13. The summed E-state index contributed by atoms with van der Waals surface area (Å²) in [7, 11) is 1.73. The quantitative estimate of drug-likeness (QED) is 0.880. The maximum Gasteiger partial charge on any atom is 0.0504 e. The summed E-state index contributed by atoms with van der Waals surface area (Å²) in [6.45, 7) is 3.85. The SMILES string of the molecule is COCC(C)CNc1ccc(Br)cc1Br. The van der Waals surface area contributed by atoms with Crippen LogP contribution in [-0.2, 0) is 4.74 Å². The predicted octanol–water partition coefficient (Wildman–Crippen LogP) is 3.91. The van der Waals surface area contributed by atoms with Crippen molar-refractivity contribution in [3.63, 3.8) is 0 Å². The smallest absolute Gasteiger partial charge is 0.0504 e. The number of hydrogen-bond donors (Lipinski definition) is 1. The van der Waals surface area contributed by atoms with Crippen molar-refractivity contribution in [3.05, 3.63) is 27.1 Å². The zero-order valence-corrected chi connectivity index (χ0v) is 12.1. The number of ether oxygens (including phenoxy) is 1. The summed E-state index contributed by atoms with van der Waals surface area (Å²) in [4.78, 5) is 0. The zero-order valence-electron chi connectivity index (χ0n) is 8.89. The van der Waals surface area contributed by atoms with Gasteiger partial charge >= 0.3 is 0 Å². The molecule has 1 unspecified atom stereocenters. The van der Waals surface area contributed by atoms with Gasteiger partial charge in [0.25, 0.3) is 0 Å². The third kappa shape index (κ3) is 4.53. The summed E-state index contributed by atoms with van der Waals surface area (Å²) in [5, 5.41) is 3.38. The predicted molar refractivity (Wildman–Crippen MR) is 71.4 cm³/mol. The van der Waals surface area contributed by atoms with E-state index in [1.165, 1.54) is 0 Å². The fraction of sp³-hybridized carbons (Fsp3) is 0.455. The molecule has 0 amide bonds. The lowest BCUT2D eigenvalue weighted by molar-refractivity contribution is 0.164.